The maximum atomic E-state index is 11.3. The average molecular weight is 290 g/mol. The lowest BCUT2D eigenvalue weighted by Crippen LogP contribution is -2.40. The molecule has 1 fully saturated rings. The molecule has 0 saturated carbocycles. The molecule has 1 aliphatic heterocycles. The Kier molecular flexibility index (Phi) is 3.95. The summed E-state index contributed by atoms with van der Waals surface area (Å²) in [5.41, 5.74) is 3.58. The minimum Gasteiger partial charge on any atom is -0.477 e. The lowest BCUT2D eigenvalue weighted by Gasteiger charge is -2.31. The maximum Gasteiger partial charge on any atom is 0.354 e. The Morgan fingerprint density at radius 3 is 3.05 bits per heavy atom. The van der Waals surface area contributed by atoms with Gasteiger partial charge in [-0.15, -0.1) is 0 Å². The van der Waals surface area contributed by atoms with Gasteiger partial charge in [-0.3, -0.25) is 4.90 Å². The fourth-order valence-electron chi connectivity index (χ4n) is 3.37. The zero-order chi connectivity index (χ0) is 15.0. The van der Waals surface area contributed by atoms with E-state index in [1.54, 1.807) is 6.07 Å². The molecule has 3 rings (SSSR count). The van der Waals surface area contributed by atoms with Crippen LogP contribution < -0.4 is 0 Å². The summed E-state index contributed by atoms with van der Waals surface area (Å²) in [6.07, 6.45) is 2.32. The molecule has 1 N–H and O–H groups in total. The summed E-state index contributed by atoms with van der Waals surface area (Å²) in [4.78, 5) is 18.0. The van der Waals surface area contributed by atoms with Crippen LogP contribution in [-0.2, 0) is 17.7 Å². The zero-order valence-electron chi connectivity index (χ0n) is 12.6. The van der Waals surface area contributed by atoms with E-state index in [0.29, 0.717) is 5.92 Å². The highest BCUT2D eigenvalue weighted by Crippen LogP contribution is 2.34. The van der Waals surface area contributed by atoms with Gasteiger partial charge in [0.1, 0.15) is 5.69 Å². The second kappa shape index (κ2) is 5.73. The lowest BCUT2D eigenvalue weighted by molar-refractivity contribution is -0.0213. The zero-order valence-corrected chi connectivity index (χ0v) is 12.6. The van der Waals surface area contributed by atoms with E-state index in [1.165, 1.54) is 5.56 Å². The predicted molar refractivity (Wildman–Crippen MR) is 78.6 cm³/mol. The van der Waals surface area contributed by atoms with Crippen molar-refractivity contribution in [3.63, 3.8) is 0 Å². The minimum atomic E-state index is -0.937. The molecule has 0 aromatic carbocycles. The van der Waals surface area contributed by atoms with Crippen LogP contribution in [0, 0.1) is 0 Å². The summed E-state index contributed by atoms with van der Waals surface area (Å²) in [5, 5.41) is 9.28. The number of ether oxygens (including phenoxy) is 1. The Balaban J connectivity index is 1.90. The number of nitrogens with zero attached hydrogens (tertiary/aromatic N) is 2. The SMILES string of the molecule is CC1CCc2c(CN3CCO[C@H](C)C3)cc(C(=O)O)nc21. The molecular weight excluding hydrogens is 268 g/mol. The van der Waals surface area contributed by atoms with Crippen molar-refractivity contribution in [2.75, 3.05) is 19.7 Å². The van der Waals surface area contributed by atoms with Crippen LogP contribution in [0.5, 0.6) is 0 Å². The molecule has 1 aromatic heterocycles. The van der Waals surface area contributed by atoms with E-state index in [1.807, 2.05) is 0 Å². The highest BCUT2D eigenvalue weighted by atomic mass is 16.5. The number of aromatic nitrogens is 1. The maximum absolute atomic E-state index is 11.3. The normalized spacial score (nSPS) is 25.8. The molecule has 21 heavy (non-hydrogen) atoms. The van der Waals surface area contributed by atoms with Crippen LogP contribution in [0.1, 0.15) is 53.5 Å². The summed E-state index contributed by atoms with van der Waals surface area (Å²) in [5.74, 6) is -0.574. The summed E-state index contributed by atoms with van der Waals surface area (Å²) >= 11 is 0. The topological polar surface area (TPSA) is 62.7 Å². The van der Waals surface area contributed by atoms with Crippen LogP contribution in [0.15, 0.2) is 6.07 Å². The van der Waals surface area contributed by atoms with E-state index in [2.05, 4.69) is 23.7 Å². The van der Waals surface area contributed by atoms with Crippen molar-refractivity contribution >= 4 is 5.97 Å². The summed E-state index contributed by atoms with van der Waals surface area (Å²) in [7, 11) is 0. The van der Waals surface area contributed by atoms with Crippen molar-refractivity contribution in [3.05, 3.63) is 28.6 Å². The molecule has 2 atom stereocenters. The standard InChI is InChI=1S/C16H22N2O3/c1-10-3-4-13-12(7-14(16(19)20)17-15(10)13)9-18-5-6-21-11(2)8-18/h7,10-11H,3-6,8-9H2,1-2H3,(H,19,20)/t10?,11-/m1/s1. The van der Waals surface area contributed by atoms with Gasteiger partial charge in [-0.1, -0.05) is 6.92 Å². The van der Waals surface area contributed by atoms with Crippen LogP contribution in [-0.4, -0.2) is 46.8 Å². The second-order valence-electron chi connectivity index (χ2n) is 6.19. The van der Waals surface area contributed by atoms with Gasteiger partial charge < -0.3 is 9.84 Å². The van der Waals surface area contributed by atoms with E-state index in [-0.39, 0.29) is 11.8 Å². The molecule has 2 heterocycles. The monoisotopic (exact) mass is 290 g/mol. The van der Waals surface area contributed by atoms with E-state index in [9.17, 15) is 9.90 Å². The molecule has 0 bridgehead atoms. The van der Waals surface area contributed by atoms with Crippen molar-refractivity contribution in [2.45, 2.75) is 45.3 Å². The largest absolute Gasteiger partial charge is 0.477 e. The smallest absolute Gasteiger partial charge is 0.354 e. The van der Waals surface area contributed by atoms with Crippen LogP contribution in [0.25, 0.3) is 0 Å². The molecule has 0 radical (unpaired) electrons. The predicted octanol–water partition coefficient (Wildman–Crippen LogP) is 2.05. The molecule has 5 nitrogen and oxygen atoms in total. The highest BCUT2D eigenvalue weighted by Gasteiger charge is 2.27. The number of hydrogen-bond acceptors (Lipinski definition) is 4. The molecule has 1 aromatic rings. The third-order valence-electron chi connectivity index (χ3n) is 4.48. The van der Waals surface area contributed by atoms with Gasteiger partial charge in [0.05, 0.1) is 12.7 Å². The Labute approximate surface area is 124 Å². The Hall–Kier alpha value is -1.46. The van der Waals surface area contributed by atoms with Gasteiger partial charge in [-0.25, -0.2) is 9.78 Å². The van der Waals surface area contributed by atoms with Gasteiger partial charge in [0.2, 0.25) is 0 Å². The Morgan fingerprint density at radius 1 is 1.52 bits per heavy atom. The number of rotatable bonds is 3. The number of morpholine rings is 1. The van der Waals surface area contributed by atoms with E-state index >= 15 is 0 Å². The fourth-order valence-corrected chi connectivity index (χ4v) is 3.37. The summed E-state index contributed by atoms with van der Waals surface area (Å²) in [6.45, 7) is 7.55. The first-order valence-corrected chi connectivity index (χ1v) is 7.64. The number of pyridine rings is 1. The van der Waals surface area contributed by atoms with Crippen molar-refractivity contribution in [2.24, 2.45) is 0 Å². The first-order valence-electron chi connectivity index (χ1n) is 7.64. The van der Waals surface area contributed by atoms with Gasteiger partial charge in [0.15, 0.2) is 0 Å². The van der Waals surface area contributed by atoms with Crippen molar-refractivity contribution in [1.82, 2.24) is 9.88 Å². The number of fused-ring (bicyclic) bond motifs is 1. The van der Waals surface area contributed by atoms with Crippen LogP contribution in [0.2, 0.25) is 0 Å². The quantitative estimate of drug-likeness (QED) is 0.923. The van der Waals surface area contributed by atoms with Gasteiger partial charge in [0.25, 0.3) is 0 Å². The molecule has 1 unspecified atom stereocenters. The molecule has 1 saturated heterocycles. The Morgan fingerprint density at radius 2 is 2.33 bits per heavy atom. The van der Waals surface area contributed by atoms with Crippen LogP contribution >= 0.6 is 0 Å². The highest BCUT2D eigenvalue weighted by molar-refractivity contribution is 5.85. The number of hydrogen-bond donors (Lipinski definition) is 1. The first kappa shape index (κ1) is 14.5. The van der Waals surface area contributed by atoms with Gasteiger partial charge in [-0.05, 0) is 42.9 Å². The lowest BCUT2D eigenvalue weighted by atomic mass is 10.0. The van der Waals surface area contributed by atoms with Gasteiger partial charge >= 0.3 is 5.97 Å². The van der Waals surface area contributed by atoms with Crippen molar-refractivity contribution < 1.29 is 14.6 Å². The Bertz CT molecular complexity index is 559. The van der Waals surface area contributed by atoms with E-state index in [4.69, 9.17) is 4.74 Å². The summed E-state index contributed by atoms with van der Waals surface area (Å²) in [6, 6.07) is 1.76. The van der Waals surface area contributed by atoms with Crippen LogP contribution in [0.4, 0.5) is 0 Å². The number of carboxylic acids is 1. The van der Waals surface area contributed by atoms with Crippen LogP contribution in [0.3, 0.4) is 0 Å². The molecule has 114 valence electrons. The fraction of sp³-hybridized carbons (Fsp3) is 0.625. The third-order valence-corrected chi connectivity index (χ3v) is 4.48. The average Bonchev–Trinajstić information content (AvgIpc) is 2.81. The summed E-state index contributed by atoms with van der Waals surface area (Å²) < 4.78 is 5.57. The van der Waals surface area contributed by atoms with Gasteiger partial charge in [-0.2, -0.15) is 0 Å². The molecule has 0 spiro atoms. The minimum absolute atomic E-state index is 0.179. The molecule has 5 heteroatoms. The molecule has 2 aliphatic rings. The first-order chi connectivity index (χ1) is 10.0. The third kappa shape index (κ3) is 2.94. The second-order valence-corrected chi connectivity index (χ2v) is 6.19. The molecular formula is C16H22N2O3. The molecule has 1 aliphatic carbocycles. The van der Waals surface area contributed by atoms with E-state index in [0.717, 1.165) is 50.3 Å². The number of carbonyl (C=O) groups is 1. The van der Waals surface area contributed by atoms with Gasteiger partial charge in [0, 0.05) is 25.3 Å². The van der Waals surface area contributed by atoms with Crippen molar-refractivity contribution in [1.29, 1.82) is 0 Å². The number of aromatic carboxylic acids is 1. The van der Waals surface area contributed by atoms with E-state index < -0.39 is 5.97 Å². The number of carboxylic acid groups (broad SMARTS) is 1. The van der Waals surface area contributed by atoms with Crippen molar-refractivity contribution in [3.8, 4) is 0 Å². The molecule has 0 amide bonds.